The molecule has 2 aromatic rings. The summed E-state index contributed by atoms with van der Waals surface area (Å²) in [4.78, 5) is 11.5. The normalized spacial score (nSPS) is 12.3. The molecule has 0 aliphatic carbocycles. The molecule has 0 saturated heterocycles. The summed E-state index contributed by atoms with van der Waals surface area (Å²) >= 11 is 0. The highest BCUT2D eigenvalue weighted by Gasteiger charge is 2.20. The van der Waals surface area contributed by atoms with Gasteiger partial charge in [-0.3, -0.25) is 15.0 Å². The highest BCUT2D eigenvalue weighted by atomic mass is 16.1. The van der Waals surface area contributed by atoms with Gasteiger partial charge in [0.05, 0.1) is 10.9 Å². The zero-order valence-electron chi connectivity index (χ0n) is 9.56. The van der Waals surface area contributed by atoms with Crippen molar-refractivity contribution >= 4 is 10.9 Å². The molecule has 3 heteroatoms. The van der Waals surface area contributed by atoms with Gasteiger partial charge < -0.3 is 0 Å². The molecular weight excluding hydrogens is 188 g/mol. The number of fused-ring (bicyclic) bond motifs is 1. The molecule has 0 saturated carbocycles. The molecule has 0 unspecified atom stereocenters. The van der Waals surface area contributed by atoms with Crippen molar-refractivity contribution < 1.29 is 0 Å². The maximum absolute atomic E-state index is 11.5. The van der Waals surface area contributed by atoms with E-state index in [0.717, 1.165) is 10.9 Å². The number of aryl methyl sites for hydroxylation is 1. The van der Waals surface area contributed by atoms with E-state index in [4.69, 9.17) is 0 Å². The van der Waals surface area contributed by atoms with Gasteiger partial charge in [0.25, 0.3) is 5.56 Å². The Labute approximate surface area is 88.5 Å². The van der Waals surface area contributed by atoms with Crippen LogP contribution in [-0.4, -0.2) is 10.2 Å². The first-order valence-electron chi connectivity index (χ1n) is 5.11. The Morgan fingerprint density at radius 3 is 2.40 bits per heavy atom. The summed E-state index contributed by atoms with van der Waals surface area (Å²) in [6.07, 6.45) is 0. The zero-order valence-corrected chi connectivity index (χ0v) is 9.56. The van der Waals surface area contributed by atoms with Crippen molar-refractivity contribution in [1.82, 2.24) is 10.2 Å². The highest BCUT2D eigenvalue weighted by Crippen LogP contribution is 2.30. The summed E-state index contributed by atoms with van der Waals surface area (Å²) in [5.41, 5.74) is 3.35. The standard InChI is InChI=1S/C12H16N2O/c1-7-5-6-8-10(13-14-11(8)15)9(7)12(2,3)4/h5-6H,1-4H3,(H2,13,14,15). The van der Waals surface area contributed by atoms with E-state index < -0.39 is 0 Å². The van der Waals surface area contributed by atoms with Crippen molar-refractivity contribution in [3.63, 3.8) is 0 Å². The van der Waals surface area contributed by atoms with Gasteiger partial charge in [0.15, 0.2) is 0 Å². The number of H-pyrrole nitrogens is 2. The molecule has 0 aliphatic heterocycles. The molecule has 2 N–H and O–H groups in total. The number of rotatable bonds is 0. The monoisotopic (exact) mass is 204 g/mol. The lowest BCUT2D eigenvalue weighted by molar-refractivity contribution is 0.590. The molecule has 1 aromatic heterocycles. The van der Waals surface area contributed by atoms with Crippen molar-refractivity contribution in [3.05, 3.63) is 33.6 Å². The van der Waals surface area contributed by atoms with E-state index in [1.54, 1.807) is 0 Å². The predicted molar refractivity (Wildman–Crippen MR) is 62.4 cm³/mol. The van der Waals surface area contributed by atoms with Crippen LogP contribution in [0.1, 0.15) is 31.9 Å². The molecule has 2 rings (SSSR count). The fraction of sp³-hybridized carbons (Fsp3) is 0.417. The maximum atomic E-state index is 11.5. The first-order chi connectivity index (χ1) is 6.91. The third-order valence-corrected chi connectivity index (χ3v) is 2.71. The second-order valence-corrected chi connectivity index (χ2v) is 5.01. The Hall–Kier alpha value is -1.51. The molecule has 1 heterocycles. The second-order valence-electron chi connectivity index (χ2n) is 5.01. The van der Waals surface area contributed by atoms with Crippen LogP contribution < -0.4 is 5.56 Å². The van der Waals surface area contributed by atoms with E-state index in [-0.39, 0.29) is 11.0 Å². The summed E-state index contributed by atoms with van der Waals surface area (Å²) < 4.78 is 0. The third-order valence-electron chi connectivity index (χ3n) is 2.71. The van der Waals surface area contributed by atoms with E-state index in [1.807, 2.05) is 12.1 Å². The average Bonchev–Trinajstić information content (AvgIpc) is 2.45. The lowest BCUT2D eigenvalue weighted by Crippen LogP contribution is -2.14. The third kappa shape index (κ3) is 1.48. The van der Waals surface area contributed by atoms with Gasteiger partial charge in [0, 0.05) is 0 Å². The minimum Gasteiger partial charge on any atom is -0.297 e. The zero-order chi connectivity index (χ0) is 11.2. The van der Waals surface area contributed by atoms with Gasteiger partial charge in [-0.25, -0.2) is 0 Å². The number of aromatic nitrogens is 2. The Bertz CT molecular complexity index is 555. The molecule has 15 heavy (non-hydrogen) atoms. The number of hydrogen-bond acceptors (Lipinski definition) is 1. The van der Waals surface area contributed by atoms with E-state index in [0.29, 0.717) is 0 Å². The van der Waals surface area contributed by atoms with Crippen molar-refractivity contribution in [2.24, 2.45) is 0 Å². The van der Waals surface area contributed by atoms with Crippen LogP contribution in [0.5, 0.6) is 0 Å². The van der Waals surface area contributed by atoms with Crippen molar-refractivity contribution in [3.8, 4) is 0 Å². The van der Waals surface area contributed by atoms with Gasteiger partial charge in [-0.2, -0.15) is 0 Å². The van der Waals surface area contributed by atoms with Crippen molar-refractivity contribution in [2.75, 3.05) is 0 Å². The van der Waals surface area contributed by atoms with Crippen LogP contribution in [0.2, 0.25) is 0 Å². The topological polar surface area (TPSA) is 48.6 Å². The molecule has 0 bridgehead atoms. The first kappa shape index (κ1) is 10.0. The summed E-state index contributed by atoms with van der Waals surface area (Å²) in [5.74, 6) is 0. The quantitative estimate of drug-likeness (QED) is 0.680. The predicted octanol–water partition coefficient (Wildman–Crippen LogP) is 2.46. The number of aromatic amines is 2. The Balaban J connectivity index is 2.93. The van der Waals surface area contributed by atoms with Gasteiger partial charge in [-0.05, 0) is 29.5 Å². The number of nitrogens with one attached hydrogen (secondary N) is 2. The molecule has 0 amide bonds. The Morgan fingerprint density at radius 1 is 1.13 bits per heavy atom. The van der Waals surface area contributed by atoms with Gasteiger partial charge in [0.2, 0.25) is 0 Å². The van der Waals surface area contributed by atoms with E-state index in [1.165, 1.54) is 11.1 Å². The summed E-state index contributed by atoms with van der Waals surface area (Å²) in [5, 5.41) is 6.34. The molecule has 0 radical (unpaired) electrons. The number of benzene rings is 1. The van der Waals surface area contributed by atoms with Crippen molar-refractivity contribution in [1.29, 1.82) is 0 Å². The SMILES string of the molecule is Cc1ccc2c(=O)[nH][nH]c2c1C(C)(C)C. The summed E-state index contributed by atoms with van der Waals surface area (Å²) in [6, 6.07) is 3.88. The molecule has 0 fully saturated rings. The molecule has 0 spiro atoms. The van der Waals surface area contributed by atoms with E-state index in [2.05, 4.69) is 37.9 Å². The maximum Gasteiger partial charge on any atom is 0.271 e. The molecule has 0 atom stereocenters. The first-order valence-corrected chi connectivity index (χ1v) is 5.11. The van der Waals surface area contributed by atoms with Crippen molar-refractivity contribution in [2.45, 2.75) is 33.1 Å². The summed E-state index contributed by atoms with van der Waals surface area (Å²) in [7, 11) is 0. The second kappa shape index (κ2) is 2.99. The molecule has 0 aliphatic rings. The van der Waals surface area contributed by atoms with Crippen LogP contribution >= 0.6 is 0 Å². The lowest BCUT2D eigenvalue weighted by Gasteiger charge is -2.22. The van der Waals surface area contributed by atoms with E-state index >= 15 is 0 Å². The fourth-order valence-electron chi connectivity index (χ4n) is 2.18. The van der Waals surface area contributed by atoms with Crippen LogP contribution in [0.15, 0.2) is 16.9 Å². The van der Waals surface area contributed by atoms with Crippen LogP contribution in [0, 0.1) is 6.92 Å². The highest BCUT2D eigenvalue weighted by molar-refractivity contribution is 5.83. The largest absolute Gasteiger partial charge is 0.297 e. The molecule has 1 aromatic carbocycles. The fourth-order valence-corrected chi connectivity index (χ4v) is 2.18. The van der Waals surface area contributed by atoms with Crippen LogP contribution in [0.3, 0.4) is 0 Å². The van der Waals surface area contributed by atoms with Gasteiger partial charge in [0.1, 0.15) is 0 Å². The van der Waals surface area contributed by atoms with Crippen LogP contribution in [0.4, 0.5) is 0 Å². The summed E-state index contributed by atoms with van der Waals surface area (Å²) in [6.45, 7) is 8.53. The molecular formula is C12H16N2O. The van der Waals surface area contributed by atoms with Gasteiger partial charge in [-0.1, -0.05) is 26.8 Å². The van der Waals surface area contributed by atoms with E-state index in [9.17, 15) is 4.79 Å². The minimum atomic E-state index is -0.0458. The van der Waals surface area contributed by atoms with Gasteiger partial charge in [-0.15, -0.1) is 0 Å². The average molecular weight is 204 g/mol. The molecule has 80 valence electrons. The smallest absolute Gasteiger partial charge is 0.271 e. The number of hydrogen-bond donors (Lipinski definition) is 2. The molecule has 3 nitrogen and oxygen atoms in total. The Morgan fingerprint density at radius 2 is 1.80 bits per heavy atom. The minimum absolute atomic E-state index is 0.0364. The van der Waals surface area contributed by atoms with Crippen LogP contribution in [-0.2, 0) is 5.41 Å². The van der Waals surface area contributed by atoms with Crippen LogP contribution in [0.25, 0.3) is 10.9 Å². The Kier molecular flexibility index (Phi) is 2.00. The van der Waals surface area contributed by atoms with Gasteiger partial charge >= 0.3 is 0 Å². The lowest BCUT2D eigenvalue weighted by atomic mass is 9.83.